The van der Waals surface area contributed by atoms with Crippen LogP contribution in [0, 0.1) is 0 Å². The molecule has 0 atom stereocenters. The number of oxime groups is 1. The Balaban J connectivity index is 2.53. The maximum atomic E-state index is 4.75. The highest BCUT2D eigenvalue weighted by Gasteiger charge is 2.06. The zero-order chi connectivity index (χ0) is 5.98. The summed E-state index contributed by atoms with van der Waals surface area (Å²) in [5.74, 6) is 0.819. The van der Waals surface area contributed by atoms with E-state index in [-0.39, 0.29) is 0 Å². The van der Waals surface area contributed by atoms with Crippen LogP contribution >= 0.6 is 12.8 Å². The minimum Gasteiger partial charge on any atom is -0.392 e. The lowest BCUT2D eigenvalue weighted by atomic mass is 10.6. The van der Waals surface area contributed by atoms with Crippen molar-refractivity contribution in [1.82, 2.24) is 4.31 Å². The molecule has 0 radical (unpaired) electrons. The van der Waals surface area contributed by atoms with Gasteiger partial charge in [0.05, 0.1) is 6.54 Å². The van der Waals surface area contributed by atoms with Crippen LogP contribution in [0.15, 0.2) is 5.16 Å². The summed E-state index contributed by atoms with van der Waals surface area (Å²) in [6.07, 6.45) is 0. The van der Waals surface area contributed by atoms with Crippen molar-refractivity contribution in [2.75, 3.05) is 13.2 Å². The van der Waals surface area contributed by atoms with Crippen molar-refractivity contribution < 1.29 is 4.84 Å². The van der Waals surface area contributed by atoms with Crippen molar-refractivity contribution in [2.45, 2.75) is 6.92 Å². The van der Waals surface area contributed by atoms with E-state index in [2.05, 4.69) is 18.0 Å². The Hall–Kier alpha value is -0.380. The van der Waals surface area contributed by atoms with E-state index in [1.165, 1.54) is 0 Å². The third-order valence-corrected chi connectivity index (χ3v) is 1.45. The Labute approximate surface area is 53.8 Å². The van der Waals surface area contributed by atoms with Gasteiger partial charge in [-0.1, -0.05) is 18.0 Å². The zero-order valence-electron chi connectivity index (χ0n) is 4.66. The molecule has 0 unspecified atom stereocenters. The van der Waals surface area contributed by atoms with Gasteiger partial charge in [0.1, 0.15) is 6.61 Å². The molecule has 0 aromatic carbocycles. The van der Waals surface area contributed by atoms with E-state index in [4.69, 9.17) is 4.84 Å². The zero-order valence-corrected chi connectivity index (χ0v) is 5.56. The van der Waals surface area contributed by atoms with Crippen LogP contribution in [-0.4, -0.2) is 23.3 Å². The second-order valence-electron chi connectivity index (χ2n) is 1.59. The molecule has 1 aliphatic heterocycles. The summed E-state index contributed by atoms with van der Waals surface area (Å²) in [6, 6.07) is 0. The minimum atomic E-state index is 0.640. The highest BCUT2D eigenvalue weighted by molar-refractivity contribution is 7.78. The Morgan fingerprint density at radius 3 is 3.00 bits per heavy atom. The molecular weight excluding hydrogens is 124 g/mol. The molecule has 0 N–H and O–H groups in total. The van der Waals surface area contributed by atoms with Gasteiger partial charge in [-0.05, 0) is 6.92 Å². The number of nitrogens with zero attached hydrogens (tertiary/aromatic N) is 2. The predicted molar refractivity (Wildman–Crippen MR) is 34.8 cm³/mol. The SMILES string of the molecule is CC1=NOCCN1S. The van der Waals surface area contributed by atoms with Gasteiger partial charge < -0.3 is 9.14 Å². The molecule has 0 aromatic heterocycles. The number of rotatable bonds is 0. The maximum Gasteiger partial charge on any atom is 0.151 e. The first-order valence-electron chi connectivity index (χ1n) is 2.43. The Morgan fingerprint density at radius 1 is 1.88 bits per heavy atom. The monoisotopic (exact) mass is 132 g/mol. The summed E-state index contributed by atoms with van der Waals surface area (Å²) in [7, 11) is 0. The molecule has 0 amide bonds. The highest BCUT2D eigenvalue weighted by atomic mass is 32.1. The van der Waals surface area contributed by atoms with Gasteiger partial charge in [-0.25, -0.2) is 0 Å². The lowest BCUT2D eigenvalue weighted by Gasteiger charge is -2.19. The molecule has 0 fully saturated rings. The number of hydrogen-bond acceptors (Lipinski definition) is 4. The topological polar surface area (TPSA) is 24.8 Å². The number of thiol groups is 1. The highest BCUT2D eigenvalue weighted by Crippen LogP contribution is 2.01. The van der Waals surface area contributed by atoms with Crippen molar-refractivity contribution in [3.05, 3.63) is 0 Å². The summed E-state index contributed by atoms with van der Waals surface area (Å²) in [4.78, 5) is 4.75. The van der Waals surface area contributed by atoms with Gasteiger partial charge in [0.15, 0.2) is 5.84 Å². The molecule has 8 heavy (non-hydrogen) atoms. The Kier molecular flexibility index (Phi) is 1.62. The molecular formula is C4H8N2OS. The molecule has 1 rings (SSSR count). The van der Waals surface area contributed by atoms with E-state index >= 15 is 0 Å². The average Bonchev–Trinajstić information content (AvgIpc) is 1.77. The molecule has 0 bridgehead atoms. The van der Waals surface area contributed by atoms with Crippen LogP contribution in [0.2, 0.25) is 0 Å². The van der Waals surface area contributed by atoms with Crippen LogP contribution in [0.1, 0.15) is 6.92 Å². The van der Waals surface area contributed by atoms with Crippen LogP contribution < -0.4 is 0 Å². The molecule has 4 heteroatoms. The first-order chi connectivity index (χ1) is 3.80. The lowest BCUT2D eigenvalue weighted by Crippen LogP contribution is -2.27. The fourth-order valence-electron chi connectivity index (χ4n) is 0.475. The Morgan fingerprint density at radius 2 is 2.62 bits per heavy atom. The molecule has 1 aliphatic rings. The van der Waals surface area contributed by atoms with Crippen molar-refractivity contribution in [3.63, 3.8) is 0 Å². The fraction of sp³-hybridized carbons (Fsp3) is 0.750. The van der Waals surface area contributed by atoms with Gasteiger partial charge in [-0.15, -0.1) is 0 Å². The summed E-state index contributed by atoms with van der Waals surface area (Å²) >= 11 is 4.08. The standard InChI is InChI=1S/C4H8N2OS/c1-4-5-7-3-2-6(4)8/h8H,2-3H2,1H3. The third kappa shape index (κ3) is 1.06. The summed E-state index contributed by atoms with van der Waals surface area (Å²) < 4.78 is 1.75. The van der Waals surface area contributed by atoms with Gasteiger partial charge in [-0.2, -0.15) is 0 Å². The molecule has 3 nitrogen and oxygen atoms in total. The average molecular weight is 132 g/mol. The van der Waals surface area contributed by atoms with E-state index in [0.29, 0.717) is 6.61 Å². The lowest BCUT2D eigenvalue weighted by molar-refractivity contribution is 0.122. The predicted octanol–water partition coefficient (Wildman–Crippen LogP) is 0.497. The third-order valence-electron chi connectivity index (χ3n) is 0.965. The van der Waals surface area contributed by atoms with Crippen LogP contribution in [0.3, 0.4) is 0 Å². The molecule has 1 heterocycles. The molecule has 0 saturated carbocycles. The van der Waals surface area contributed by atoms with Crippen LogP contribution in [-0.2, 0) is 4.84 Å². The fourth-order valence-corrected chi connectivity index (χ4v) is 0.593. The van der Waals surface area contributed by atoms with Gasteiger partial charge in [0, 0.05) is 0 Å². The van der Waals surface area contributed by atoms with Crippen molar-refractivity contribution >= 4 is 18.7 Å². The molecule has 46 valence electrons. The normalized spacial score (nSPS) is 19.8. The van der Waals surface area contributed by atoms with Crippen molar-refractivity contribution in [1.29, 1.82) is 0 Å². The van der Waals surface area contributed by atoms with E-state index in [9.17, 15) is 0 Å². The largest absolute Gasteiger partial charge is 0.392 e. The van der Waals surface area contributed by atoms with Crippen LogP contribution in [0.5, 0.6) is 0 Å². The summed E-state index contributed by atoms with van der Waals surface area (Å²) in [5, 5.41) is 3.68. The van der Waals surface area contributed by atoms with Crippen LogP contribution in [0.4, 0.5) is 0 Å². The molecule has 0 aromatic rings. The van der Waals surface area contributed by atoms with Gasteiger partial charge in [-0.3, -0.25) is 0 Å². The second-order valence-corrected chi connectivity index (χ2v) is 2.08. The van der Waals surface area contributed by atoms with E-state index in [1.54, 1.807) is 4.31 Å². The van der Waals surface area contributed by atoms with E-state index in [1.807, 2.05) is 6.92 Å². The minimum absolute atomic E-state index is 0.640. The van der Waals surface area contributed by atoms with Gasteiger partial charge in [0.25, 0.3) is 0 Å². The van der Waals surface area contributed by atoms with Gasteiger partial charge >= 0.3 is 0 Å². The maximum absolute atomic E-state index is 4.75. The smallest absolute Gasteiger partial charge is 0.151 e. The van der Waals surface area contributed by atoms with Crippen molar-refractivity contribution in [2.24, 2.45) is 5.16 Å². The first kappa shape index (κ1) is 5.75. The van der Waals surface area contributed by atoms with E-state index in [0.717, 1.165) is 12.4 Å². The quantitative estimate of drug-likeness (QED) is 0.485. The number of amidine groups is 1. The number of hydrogen-bond donors (Lipinski definition) is 1. The van der Waals surface area contributed by atoms with Crippen molar-refractivity contribution in [3.8, 4) is 0 Å². The molecule has 0 aliphatic carbocycles. The second kappa shape index (κ2) is 2.26. The molecule has 0 spiro atoms. The molecule has 0 saturated heterocycles. The van der Waals surface area contributed by atoms with Crippen LogP contribution in [0.25, 0.3) is 0 Å². The van der Waals surface area contributed by atoms with E-state index < -0.39 is 0 Å². The first-order valence-corrected chi connectivity index (χ1v) is 2.83. The Bertz CT molecular complexity index is 115. The summed E-state index contributed by atoms with van der Waals surface area (Å²) in [6.45, 7) is 3.31. The van der Waals surface area contributed by atoms with Gasteiger partial charge in [0.2, 0.25) is 0 Å². The summed E-state index contributed by atoms with van der Waals surface area (Å²) in [5.41, 5.74) is 0.